The lowest BCUT2D eigenvalue weighted by molar-refractivity contribution is 0.199. The van der Waals surface area contributed by atoms with Gasteiger partial charge in [-0.15, -0.1) is 0 Å². The van der Waals surface area contributed by atoms with Gasteiger partial charge >= 0.3 is 0 Å². The minimum atomic E-state index is 0.631. The second kappa shape index (κ2) is 6.71. The molecule has 0 saturated heterocycles. The SMILES string of the molecule is CC(C)N1CCC=C(C2C=CCCN(C(C)C)C2)C1. The van der Waals surface area contributed by atoms with Crippen LogP contribution in [-0.2, 0) is 0 Å². The van der Waals surface area contributed by atoms with Crippen LogP contribution in [0.2, 0.25) is 0 Å². The van der Waals surface area contributed by atoms with Gasteiger partial charge in [-0.3, -0.25) is 9.80 Å². The maximum absolute atomic E-state index is 2.62. The number of hydrogen-bond acceptors (Lipinski definition) is 2. The zero-order chi connectivity index (χ0) is 13.8. The quantitative estimate of drug-likeness (QED) is 0.720. The maximum atomic E-state index is 2.62. The molecule has 0 fully saturated rings. The van der Waals surface area contributed by atoms with E-state index in [1.807, 2.05) is 0 Å². The third-order valence-electron chi connectivity index (χ3n) is 4.53. The van der Waals surface area contributed by atoms with Gasteiger partial charge in [0.05, 0.1) is 0 Å². The normalized spacial score (nSPS) is 26.8. The smallest absolute Gasteiger partial charge is 0.0202 e. The van der Waals surface area contributed by atoms with Crippen molar-refractivity contribution in [3.8, 4) is 0 Å². The molecule has 0 saturated carbocycles. The fourth-order valence-electron chi connectivity index (χ4n) is 3.12. The van der Waals surface area contributed by atoms with E-state index in [0.717, 1.165) is 0 Å². The van der Waals surface area contributed by atoms with E-state index in [1.165, 1.54) is 39.0 Å². The summed E-state index contributed by atoms with van der Waals surface area (Å²) in [5.41, 5.74) is 1.64. The Morgan fingerprint density at radius 1 is 1.00 bits per heavy atom. The molecular formula is C17H30N2. The molecule has 0 amide bonds. The van der Waals surface area contributed by atoms with Crippen LogP contribution in [0.25, 0.3) is 0 Å². The molecule has 0 radical (unpaired) electrons. The van der Waals surface area contributed by atoms with Crippen molar-refractivity contribution >= 4 is 0 Å². The number of nitrogens with zero attached hydrogens (tertiary/aromatic N) is 2. The highest BCUT2D eigenvalue weighted by atomic mass is 15.2. The molecule has 2 aliphatic rings. The highest BCUT2D eigenvalue weighted by Gasteiger charge is 2.23. The van der Waals surface area contributed by atoms with Crippen molar-refractivity contribution in [2.45, 2.75) is 52.6 Å². The minimum absolute atomic E-state index is 0.631. The van der Waals surface area contributed by atoms with Gasteiger partial charge in [-0.25, -0.2) is 0 Å². The Hall–Kier alpha value is -0.600. The van der Waals surface area contributed by atoms with Crippen LogP contribution in [0, 0.1) is 5.92 Å². The van der Waals surface area contributed by atoms with E-state index in [2.05, 4.69) is 55.7 Å². The monoisotopic (exact) mass is 262 g/mol. The molecule has 1 atom stereocenters. The second-order valence-corrected chi connectivity index (χ2v) is 6.54. The molecule has 0 aromatic heterocycles. The van der Waals surface area contributed by atoms with Crippen molar-refractivity contribution in [2.75, 3.05) is 26.2 Å². The molecule has 2 heterocycles. The van der Waals surface area contributed by atoms with Gasteiger partial charge in [0.25, 0.3) is 0 Å². The molecule has 2 nitrogen and oxygen atoms in total. The standard InChI is InChI=1S/C17H30N2/c1-14(2)18-10-6-5-8-16(12-18)17-9-7-11-19(13-17)15(3)4/h5,8-9,14-16H,6-7,10-13H2,1-4H3. The first-order valence-corrected chi connectivity index (χ1v) is 7.91. The molecule has 0 bridgehead atoms. The third-order valence-corrected chi connectivity index (χ3v) is 4.53. The molecule has 108 valence electrons. The highest BCUT2D eigenvalue weighted by Crippen LogP contribution is 2.24. The Labute approximate surface area is 119 Å². The molecule has 0 aromatic carbocycles. The predicted molar refractivity (Wildman–Crippen MR) is 83.4 cm³/mol. The molecular weight excluding hydrogens is 232 g/mol. The number of rotatable bonds is 3. The van der Waals surface area contributed by atoms with E-state index >= 15 is 0 Å². The molecule has 2 heteroatoms. The fourth-order valence-corrected chi connectivity index (χ4v) is 3.12. The van der Waals surface area contributed by atoms with Gasteiger partial charge in [0.2, 0.25) is 0 Å². The summed E-state index contributed by atoms with van der Waals surface area (Å²) in [6, 6.07) is 1.33. The van der Waals surface area contributed by atoms with Crippen LogP contribution in [-0.4, -0.2) is 48.1 Å². The first-order valence-electron chi connectivity index (χ1n) is 7.91. The molecule has 2 aliphatic heterocycles. The number of hydrogen-bond donors (Lipinski definition) is 0. The summed E-state index contributed by atoms with van der Waals surface area (Å²) in [7, 11) is 0. The van der Waals surface area contributed by atoms with Crippen LogP contribution < -0.4 is 0 Å². The van der Waals surface area contributed by atoms with E-state index in [1.54, 1.807) is 5.57 Å². The lowest BCUT2D eigenvalue weighted by Gasteiger charge is -2.35. The predicted octanol–water partition coefficient (Wildman–Crippen LogP) is 3.31. The summed E-state index contributed by atoms with van der Waals surface area (Å²) in [6.45, 7) is 14.1. The Bertz CT molecular complexity index is 341. The average Bonchev–Trinajstić information content (AvgIpc) is 2.64. The van der Waals surface area contributed by atoms with Crippen LogP contribution in [0.1, 0.15) is 40.5 Å². The molecule has 0 aliphatic carbocycles. The van der Waals surface area contributed by atoms with Gasteiger partial charge in [-0.05, 0) is 40.5 Å². The summed E-state index contributed by atoms with van der Waals surface area (Å²) >= 11 is 0. The van der Waals surface area contributed by atoms with Crippen LogP contribution in [0.5, 0.6) is 0 Å². The van der Waals surface area contributed by atoms with Gasteiger partial charge in [-0.1, -0.05) is 23.8 Å². The van der Waals surface area contributed by atoms with E-state index in [0.29, 0.717) is 18.0 Å². The summed E-state index contributed by atoms with van der Waals surface area (Å²) in [6.07, 6.45) is 9.77. The lowest BCUT2D eigenvalue weighted by atomic mass is 9.93. The first kappa shape index (κ1) is 14.8. The van der Waals surface area contributed by atoms with E-state index in [9.17, 15) is 0 Å². The van der Waals surface area contributed by atoms with Crippen LogP contribution in [0.15, 0.2) is 23.8 Å². The third kappa shape index (κ3) is 3.93. The first-order chi connectivity index (χ1) is 9.08. The molecule has 0 N–H and O–H groups in total. The second-order valence-electron chi connectivity index (χ2n) is 6.54. The highest BCUT2D eigenvalue weighted by molar-refractivity contribution is 5.19. The zero-order valence-corrected chi connectivity index (χ0v) is 13.1. The maximum Gasteiger partial charge on any atom is 0.0202 e. The Kier molecular flexibility index (Phi) is 5.23. The molecule has 0 spiro atoms. The largest absolute Gasteiger partial charge is 0.300 e. The van der Waals surface area contributed by atoms with Gasteiger partial charge in [0.15, 0.2) is 0 Å². The van der Waals surface area contributed by atoms with Crippen molar-refractivity contribution in [3.63, 3.8) is 0 Å². The fraction of sp³-hybridized carbons (Fsp3) is 0.765. The zero-order valence-electron chi connectivity index (χ0n) is 13.1. The van der Waals surface area contributed by atoms with Gasteiger partial charge in [0.1, 0.15) is 0 Å². The Morgan fingerprint density at radius 2 is 1.68 bits per heavy atom. The van der Waals surface area contributed by atoms with Crippen LogP contribution in [0.4, 0.5) is 0 Å². The molecule has 0 aromatic rings. The minimum Gasteiger partial charge on any atom is -0.300 e. The summed E-state index contributed by atoms with van der Waals surface area (Å²) in [5, 5.41) is 0. The van der Waals surface area contributed by atoms with Crippen molar-refractivity contribution in [1.82, 2.24) is 9.80 Å². The summed E-state index contributed by atoms with van der Waals surface area (Å²) in [5.74, 6) is 0.631. The van der Waals surface area contributed by atoms with E-state index < -0.39 is 0 Å². The Balaban J connectivity index is 2.05. The topological polar surface area (TPSA) is 6.48 Å². The van der Waals surface area contributed by atoms with Crippen molar-refractivity contribution in [2.24, 2.45) is 5.92 Å². The van der Waals surface area contributed by atoms with Crippen molar-refractivity contribution in [1.29, 1.82) is 0 Å². The molecule has 2 rings (SSSR count). The summed E-state index contributed by atoms with van der Waals surface area (Å²) < 4.78 is 0. The Morgan fingerprint density at radius 3 is 2.37 bits per heavy atom. The van der Waals surface area contributed by atoms with Crippen molar-refractivity contribution < 1.29 is 0 Å². The molecule has 1 unspecified atom stereocenters. The average molecular weight is 262 g/mol. The van der Waals surface area contributed by atoms with Crippen LogP contribution >= 0.6 is 0 Å². The van der Waals surface area contributed by atoms with Gasteiger partial charge < -0.3 is 0 Å². The van der Waals surface area contributed by atoms with Crippen molar-refractivity contribution in [3.05, 3.63) is 23.8 Å². The lowest BCUT2D eigenvalue weighted by Crippen LogP contribution is -2.40. The summed E-state index contributed by atoms with van der Waals surface area (Å²) in [4.78, 5) is 5.23. The van der Waals surface area contributed by atoms with Gasteiger partial charge in [-0.2, -0.15) is 0 Å². The van der Waals surface area contributed by atoms with E-state index in [4.69, 9.17) is 0 Å². The van der Waals surface area contributed by atoms with Gasteiger partial charge in [0, 0.05) is 44.2 Å². The van der Waals surface area contributed by atoms with E-state index in [-0.39, 0.29) is 0 Å². The molecule has 19 heavy (non-hydrogen) atoms. The van der Waals surface area contributed by atoms with Crippen LogP contribution in [0.3, 0.4) is 0 Å².